The summed E-state index contributed by atoms with van der Waals surface area (Å²) in [5.74, 6) is -0.790. The summed E-state index contributed by atoms with van der Waals surface area (Å²) in [5, 5.41) is 0.818. The third kappa shape index (κ3) is 3.06. The van der Waals surface area contributed by atoms with Crippen molar-refractivity contribution >= 4 is 50.0 Å². The zero-order chi connectivity index (χ0) is 14.8. The van der Waals surface area contributed by atoms with Crippen LogP contribution in [0.1, 0.15) is 20.2 Å². The molecule has 1 aromatic carbocycles. The van der Waals surface area contributed by atoms with Crippen LogP contribution < -0.4 is 0 Å². The Bertz CT molecular complexity index is 785. The Morgan fingerprint density at radius 3 is 2.71 bits per heavy atom. The Hall–Kier alpha value is -1.92. The molecule has 3 aromatic rings. The molecule has 4 nitrogen and oxygen atoms in total. The summed E-state index contributed by atoms with van der Waals surface area (Å²) in [6, 6.07) is 12.3. The van der Waals surface area contributed by atoms with Crippen molar-refractivity contribution in [2.45, 2.75) is 0 Å². The minimum absolute atomic E-state index is 0.0939. The first-order valence-electron chi connectivity index (χ1n) is 6.08. The van der Waals surface area contributed by atoms with E-state index in [4.69, 9.17) is 9.15 Å². The number of rotatable bonds is 4. The average Bonchev–Trinajstić information content (AvgIpc) is 3.10. The highest BCUT2D eigenvalue weighted by Gasteiger charge is 2.16. The molecule has 0 N–H and O–H groups in total. The maximum Gasteiger partial charge on any atom is 0.374 e. The molecule has 0 radical (unpaired) electrons. The number of para-hydroxylation sites is 1. The SMILES string of the molecule is O=C(OCC(=O)c1ccc(Br)s1)c1cc2ccccc2o1. The lowest BCUT2D eigenvalue weighted by Gasteiger charge is -2.00. The van der Waals surface area contributed by atoms with Gasteiger partial charge in [-0.2, -0.15) is 0 Å². The number of hydrogen-bond donors (Lipinski definition) is 0. The van der Waals surface area contributed by atoms with Gasteiger partial charge in [0, 0.05) is 5.39 Å². The molecule has 2 heterocycles. The molecule has 0 saturated heterocycles. The summed E-state index contributed by atoms with van der Waals surface area (Å²) < 4.78 is 11.2. The van der Waals surface area contributed by atoms with Crippen molar-refractivity contribution in [3.8, 4) is 0 Å². The van der Waals surface area contributed by atoms with Gasteiger partial charge in [-0.3, -0.25) is 4.79 Å². The molecule has 0 aliphatic carbocycles. The fourth-order valence-electron chi connectivity index (χ4n) is 1.82. The van der Waals surface area contributed by atoms with Crippen LogP contribution in [0.5, 0.6) is 0 Å². The zero-order valence-corrected chi connectivity index (χ0v) is 13.1. The molecule has 0 aliphatic rings. The molecule has 21 heavy (non-hydrogen) atoms. The van der Waals surface area contributed by atoms with Crippen molar-refractivity contribution in [3.05, 3.63) is 56.9 Å². The van der Waals surface area contributed by atoms with Crippen LogP contribution in [0.3, 0.4) is 0 Å². The van der Waals surface area contributed by atoms with Crippen molar-refractivity contribution in [1.29, 1.82) is 0 Å². The molecule has 0 bridgehead atoms. The molecule has 6 heteroatoms. The van der Waals surface area contributed by atoms with Gasteiger partial charge in [0.05, 0.1) is 8.66 Å². The number of ether oxygens (including phenoxy) is 1. The number of carbonyl (C=O) groups is 2. The largest absolute Gasteiger partial charge is 0.451 e. The molecule has 106 valence electrons. The molecule has 0 amide bonds. The van der Waals surface area contributed by atoms with Crippen molar-refractivity contribution < 1.29 is 18.7 Å². The fourth-order valence-corrected chi connectivity index (χ4v) is 3.13. The molecule has 3 rings (SSSR count). The Balaban J connectivity index is 1.67. The second-order valence-corrected chi connectivity index (χ2v) is 6.71. The molecule has 2 aromatic heterocycles. The van der Waals surface area contributed by atoms with E-state index < -0.39 is 5.97 Å². The third-order valence-electron chi connectivity index (χ3n) is 2.81. The summed E-state index contributed by atoms with van der Waals surface area (Å²) in [6.45, 7) is -0.303. The number of hydrogen-bond acceptors (Lipinski definition) is 5. The lowest BCUT2D eigenvalue weighted by molar-refractivity contribution is 0.0447. The van der Waals surface area contributed by atoms with Gasteiger partial charge in [-0.25, -0.2) is 4.79 Å². The van der Waals surface area contributed by atoms with E-state index >= 15 is 0 Å². The van der Waals surface area contributed by atoms with Gasteiger partial charge in [0.1, 0.15) is 5.58 Å². The van der Waals surface area contributed by atoms with Gasteiger partial charge in [-0.1, -0.05) is 18.2 Å². The van der Waals surface area contributed by atoms with E-state index in [1.165, 1.54) is 11.3 Å². The normalized spacial score (nSPS) is 10.7. The van der Waals surface area contributed by atoms with E-state index in [9.17, 15) is 9.59 Å². The minimum atomic E-state index is -0.643. The molecule has 0 saturated carbocycles. The Labute approximate surface area is 132 Å². The maximum atomic E-state index is 11.9. The standard InChI is InChI=1S/C15H9BrO4S/c16-14-6-5-13(21-14)10(17)8-19-15(18)12-7-9-3-1-2-4-11(9)20-12/h1-7H,8H2. The van der Waals surface area contributed by atoms with E-state index in [0.29, 0.717) is 10.5 Å². The number of thiophene rings is 1. The molecule has 0 fully saturated rings. The second kappa shape index (κ2) is 5.83. The van der Waals surface area contributed by atoms with Gasteiger partial charge >= 0.3 is 5.97 Å². The number of furan rings is 1. The highest BCUT2D eigenvalue weighted by Crippen LogP contribution is 2.23. The van der Waals surface area contributed by atoms with Crippen molar-refractivity contribution in [2.75, 3.05) is 6.61 Å². The monoisotopic (exact) mass is 364 g/mol. The van der Waals surface area contributed by atoms with Crippen molar-refractivity contribution in [1.82, 2.24) is 0 Å². The van der Waals surface area contributed by atoms with Gasteiger partial charge in [-0.05, 0) is 40.2 Å². The average molecular weight is 365 g/mol. The first-order valence-corrected chi connectivity index (χ1v) is 7.68. The summed E-state index contributed by atoms with van der Waals surface area (Å²) in [4.78, 5) is 24.3. The van der Waals surface area contributed by atoms with Crippen LogP contribution in [0.4, 0.5) is 0 Å². The summed E-state index contributed by atoms with van der Waals surface area (Å²) in [5.41, 5.74) is 0.609. The highest BCUT2D eigenvalue weighted by molar-refractivity contribution is 9.11. The smallest absolute Gasteiger partial charge is 0.374 e. The number of halogens is 1. The van der Waals surface area contributed by atoms with E-state index in [2.05, 4.69) is 15.9 Å². The van der Waals surface area contributed by atoms with E-state index in [0.717, 1.165) is 9.17 Å². The minimum Gasteiger partial charge on any atom is -0.451 e. The topological polar surface area (TPSA) is 56.5 Å². The van der Waals surface area contributed by atoms with Crippen molar-refractivity contribution in [2.24, 2.45) is 0 Å². The lowest BCUT2D eigenvalue weighted by atomic mass is 10.2. The first-order chi connectivity index (χ1) is 10.1. The number of carbonyl (C=O) groups excluding carboxylic acids is 2. The van der Waals surface area contributed by atoms with Crippen LogP contribution >= 0.6 is 27.3 Å². The number of ketones is 1. The van der Waals surface area contributed by atoms with E-state index in [-0.39, 0.29) is 18.2 Å². The third-order valence-corrected chi connectivity index (χ3v) is 4.47. The van der Waals surface area contributed by atoms with Crippen LogP contribution in [0.25, 0.3) is 11.0 Å². The summed E-state index contributed by atoms with van der Waals surface area (Å²) >= 11 is 4.58. The molecule has 0 atom stereocenters. The zero-order valence-electron chi connectivity index (χ0n) is 10.7. The molecular formula is C15H9BrO4S. The van der Waals surface area contributed by atoms with Gasteiger partial charge in [0.15, 0.2) is 6.61 Å². The van der Waals surface area contributed by atoms with Crippen LogP contribution in [0, 0.1) is 0 Å². The van der Waals surface area contributed by atoms with Crippen LogP contribution in [0.15, 0.2) is 50.7 Å². The van der Waals surface area contributed by atoms with Crippen LogP contribution in [0.2, 0.25) is 0 Å². The first kappa shape index (κ1) is 14.0. The summed E-state index contributed by atoms with van der Waals surface area (Å²) in [7, 11) is 0. The van der Waals surface area contributed by atoms with Gasteiger partial charge in [0.25, 0.3) is 0 Å². The lowest BCUT2D eigenvalue weighted by Crippen LogP contribution is -2.12. The quantitative estimate of drug-likeness (QED) is 0.511. The maximum absolute atomic E-state index is 11.9. The number of benzene rings is 1. The van der Waals surface area contributed by atoms with Gasteiger partial charge in [-0.15, -0.1) is 11.3 Å². The van der Waals surface area contributed by atoms with E-state index in [1.54, 1.807) is 24.3 Å². The highest BCUT2D eigenvalue weighted by atomic mass is 79.9. The van der Waals surface area contributed by atoms with E-state index in [1.807, 2.05) is 18.2 Å². The molecule has 0 aliphatic heterocycles. The number of esters is 1. The fraction of sp³-hybridized carbons (Fsp3) is 0.0667. The number of fused-ring (bicyclic) bond motifs is 1. The predicted octanol–water partition coefficient (Wildman–Crippen LogP) is 4.30. The summed E-state index contributed by atoms with van der Waals surface area (Å²) in [6.07, 6.45) is 0. The predicted molar refractivity (Wildman–Crippen MR) is 82.8 cm³/mol. The molecule has 0 spiro atoms. The Kier molecular flexibility index (Phi) is 3.90. The van der Waals surface area contributed by atoms with Gasteiger partial charge in [0.2, 0.25) is 11.5 Å². The van der Waals surface area contributed by atoms with Crippen LogP contribution in [-0.4, -0.2) is 18.4 Å². The Morgan fingerprint density at radius 2 is 2.00 bits per heavy atom. The van der Waals surface area contributed by atoms with Crippen molar-refractivity contribution in [3.63, 3.8) is 0 Å². The van der Waals surface area contributed by atoms with Gasteiger partial charge < -0.3 is 9.15 Å². The second-order valence-electron chi connectivity index (χ2n) is 4.25. The van der Waals surface area contributed by atoms with Crippen LogP contribution in [-0.2, 0) is 4.74 Å². The Morgan fingerprint density at radius 1 is 1.19 bits per heavy atom. The molecule has 0 unspecified atom stereocenters. The number of Topliss-reactive ketones (excluding diaryl/α,β-unsaturated/α-hetero) is 1. The molecular weight excluding hydrogens is 356 g/mol.